The van der Waals surface area contributed by atoms with E-state index in [9.17, 15) is 8.78 Å². The van der Waals surface area contributed by atoms with E-state index < -0.39 is 6.43 Å². The van der Waals surface area contributed by atoms with Gasteiger partial charge >= 0.3 is 0 Å². The molecule has 0 radical (unpaired) electrons. The van der Waals surface area contributed by atoms with E-state index in [2.05, 4.69) is 27.1 Å². The Labute approximate surface area is 166 Å². The highest BCUT2D eigenvalue weighted by molar-refractivity contribution is 7.16. The normalized spacial score (nSPS) is 19.7. The molecule has 0 spiro atoms. The summed E-state index contributed by atoms with van der Waals surface area (Å²) in [4.78, 5) is 13.6. The van der Waals surface area contributed by atoms with Gasteiger partial charge in [0.05, 0.1) is 11.4 Å². The summed E-state index contributed by atoms with van der Waals surface area (Å²) >= 11 is 0.993. The van der Waals surface area contributed by atoms with Gasteiger partial charge in [0.25, 0.3) is 6.43 Å². The number of likely N-dealkylation sites (N-methyl/N-ethyl adjacent to an activating group) is 1. The number of nitrogens with one attached hydrogen (secondary N) is 1. The molecule has 9 heteroatoms. The molecule has 1 aromatic heterocycles. The molecule has 0 aliphatic carbocycles. The highest BCUT2D eigenvalue weighted by Gasteiger charge is 2.32. The Morgan fingerprint density at radius 2 is 2.14 bits per heavy atom. The predicted octanol–water partition coefficient (Wildman–Crippen LogP) is 3.87. The van der Waals surface area contributed by atoms with Crippen LogP contribution in [-0.4, -0.2) is 67.1 Å². The van der Waals surface area contributed by atoms with Crippen LogP contribution in [0.25, 0.3) is 0 Å². The number of benzene rings is 1. The van der Waals surface area contributed by atoms with Crippen molar-refractivity contribution in [1.29, 1.82) is 0 Å². The third kappa shape index (κ3) is 3.74. The highest BCUT2D eigenvalue weighted by Crippen LogP contribution is 2.40. The van der Waals surface area contributed by atoms with Crippen molar-refractivity contribution in [1.82, 2.24) is 14.8 Å². The third-order valence-corrected chi connectivity index (χ3v) is 6.13. The number of anilines is 2. The average Bonchev–Trinajstić information content (AvgIpc) is 3.04. The smallest absolute Gasteiger partial charge is 0.289 e. The van der Waals surface area contributed by atoms with Gasteiger partial charge in [-0.25, -0.2) is 18.8 Å². The number of nitrogens with zero attached hydrogens (tertiary/aromatic N) is 4. The number of piperazine rings is 1. The van der Waals surface area contributed by atoms with Gasteiger partial charge in [0.2, 0.25) is 0 Å². The van der Waals surface area contributed by atoms with E-state index in [0.29, 0.717) is 29.2 Å². The number of hydrogen-bond acceptors (Lipinski definition) is 7. The molecule has 28 heavy (non-hydrogen) atoms. The molecule has 1 unspecified atom stereocenters. The predicted molar refractivity (Wildman–Crippen MR) is 107 cm³/mol. The maximum atomic E-state index is 13.3. The van der Waals surface area contributed by atoms with Crippen LogP contribution in [0.3, 0.4) is 0 Å². The zero-order valence-corrected chi connectivity index (χ0v) is 16.7. The Kier molecular flexibility index (Phi) is 5.56. The second kappa shape index (κ2) is 8.10. The lowest BCUT2D eigenvalue weighted by Gasteiger charge is -2.40. The fourth-order valence-corrected chi connectivity index (χ4v) is 4.39. The van der Waals surface area contributed by atoms with E-state index in [1.165, 1.54) is 0 Å². The van der Waals surface area contributed by atoms with Gasteiger partial charge in [0.1, 0.15) is 10.7 Å². The lowest BCUT2D eigenvalue weighted by atomic mass is 10.1. The maximum absolute atomic E-state index is 13.3. The minimum absolute atomic E-state index is 0.186. The van der Waals surface area contributed by atoms with E-state index >= 15 is 0 Å². The summed E-state index contributed by atoms with van der Waals surface area (Å²) in [5, 5.41) is 3.68. The molecule has 0 amide bonds. The molecule has 1 aromatic carbocycles. The standard InChI is InChI=1S/C19H23F2N5OS/c1-25-8-9-26(11-12(25)7-10-27-2)17-15-18(28-19(24-15)16(20)21)23-14-6-4-3-5-13(14)22-17/h3-6,12,16,23H,7-11H2,1-2H3. The van der Waals surface area contributed by atoms with Crippen molar-refractivity contribution >= 4 is 33.5 Å². The second-order valence-corrected chi connectivity index (χ2v) is 8.00. The summed E-state index contributed by atoms with van der Waals surface area (Å²) in [6.07, 6.45) is -1.70. The number of methoxy groups -OCH3 is 1. The minimum Gasteiger partial charge on any atom is -0.385 e. The van der Waals surface area contributed by atoms with Crippen LogP contribution in [0.2, 0.25) is 0 Å². The number of fused-ring (bicyclic) bond motifs is 2. The van der Waals surface area contributed by atoms with Gasteiger partial charge in [0.15, 0.2) is 10.8 Å². The van der Waals surface area contributed by atoms with Crippen molar-refractivity contribution in [3.8, 4) is 0 Å². The first-order valence-corrected chi connectivity index (χ1v) is 10.1. The number of aliphatic imine (C=N–C) groups is 1. The topological polar surface area (TPSA) is 53.0 Å². The first-order chi connectivity index (χ1) is 13.6. The van der Waals surface area contributed by atoms with Gasteiger partial charge in [-0.15, -0.1) is 0 Å². The van der Waals surface area contributed by atoms with Gasteiger partial charge in [-0.2, -0.15) is 0 Å². The minimum atomic E-state index is -2.60. The van der Waals surface area contributed by atoms with Crippen LogP contribution in [0, 0.1) is 0 Å². The van der Waals surface area contributed by atoms with Gasteiger partial charge < -0.3 is 15.0 Å². The number of aromatic nitrogens is 1. The molecule has 4 rings (SSSR count). The lowest BCUT2D eigenvalue weighted by molar-refractivity contribution is 0.100. The SMILES string of the molecule is COCCC1CN(C2=Nc3ccccc3Nc3sc(C(F)F)nc32)CCN1C. The Morgan fingerprint density at radius 1 is 1.32 bits per heavy atom. The average molecular weight is 407 g/mol. The largest absolute Gasteiger partial charge is 0.385 e. The summed E-state index contributed by atoms with van der Waals surface area (Å²) in [7, 11) is 3.80. The summed E-state index contributed by atoms with van der Waals surface area (Å²) in [6, 6.07) is 7.95. The zero-order chi connectivity index (χ0) is 19.7. The molecule has 1 fully saturated rings. The summed E-state index contributed by atoms with van der Waals surface area (Å²) in [5.74, 6) is 0.658. The Bertz CT molecular complexity index is 872. The van der Waals surface area contributed by atoms with Crippen molar-refractivity contribution < 1.29 is 13.5 Å². The fraction of sp³-hybridized carbons (Fsp3) is 0.474. The number of amidine groups is 1. The molecule has 2 aromatic rings. The van der Waals surface area contributed by atoms with Crippen LogP contribution in [0.15, 0.2) is 29.3 Å². The molecule has 0 bridgehead atoms. The number of ether oxygens (including phenoxy) is 1. The first-order valence-electron chi connectivity index (χ1n) is 9.25. The number of para-hydroxylation sites is 2. The molecule has 2 aliphatic rings. The molecule has 1 atom stereocenters. The van der Waals surface area contributed by atoms with Crippen molar-refractivity contribution in [2.75, 3.05) is 45.7 Å². The Balaban J connectivity index is 1.72. The molecule has 2 aliphatic heterocycles. The van der Waals surface area contributed by atoms with E-state index in [4.69, 9.17) is 9.73 Å². The van der Waals surface area contributed by atoms with Crippen LogP contribution in [-0.2, 0) is 4.74 Å². The molecule has 6 nitrogen and oxygen atoms in total. The number of alkyl halides is 2. The molecular weight excluding hydrogens is 384 g/mol. The van der Waals surface area contributed by atoms with E-state index in [1.54, 1.807) is 7.11 Å². The molecule has 0 saturated carbocycles. The Hall–Kier alpha value is -2.10. The van der Waals surface area contributed by atoms with Gasteiger partial charge in [-0.05, 0) is 25.6 Å². The lowest BCUT2D eigenvalue weighted by Crippen LogP contribution is -2.53. The van der Waals surface area contributed by atoms with Gasteiger partial charge in [-0.1, -0.05) is 23.5 Å². The highest BCUT2D eigenvalue weighted by atomic mass is 32.1. The van der Waals surface area contributed by atoms with E-state index in [1.807, 2.05) is 24.3 Å². The van der Waals surface area contributed by atoms with Crippen molar-refractivity contribution in [2.45, 2.75) is 18.9 Å². The monoisotopic (exact) mass is 407 g/mol. The quantitative estimate of drug-likeness (QED) is 0.834. The van der Waals surface area contributed by atoms with Crippen LogP contribution in [0.5, 0.6) is 0 Å². The third-order valence-electron chi connectivity index (χ3n) is 5.15. The first kappa shape index (κ1) is 19.2. The van der Waals surface area contributed by atoms with Crippen molar-refractivity contribution in [2.24, 2.45) is 4.99 Å². The summed E-state index contributed by atoms with van der Waals surface area (Å²) < 4.78 is 31.9. The van der Waals surface area contributed by atoms with Crippen LogP contribution >= 0.6 is 11.3 Å². The van der Waals surface area contributed by atoms with Crippen LogP contribution < -0.4 is 5.32 Å². The zero-order valence-electron chi connectivity index (χ0n) is 15.9. The van der Waals surface area contributed by atoms with Crippen LogP contribution in [0.1, 0.15) is 23.5 Å². The summed E-state index contributed by atoms with van der Waals surface area (Å²) in [5.41, 5.74) is 2.09. The summed E-state index contributed by atoms with van der Waals surface area (Å²) in [6.45, 7) is 3.06. The van der Waals surface area contributed by atoms with Crippen molar-refractivity contribution in [3.05, 3.63) is 35.0 Å². The molecule has 3 heterocycles. The van der Waals surface area contributed by atoms with E-state index in [0.717, 1.165) is 48.8 Å². The maximum Gasteiger partial charge on any atom is 0.289 e. The van der Waals surface area contributed by atoms with E-state index in [-0.39, 0.29) is 5.01 Å². The molecule has 1 N–H and O–H groups in total. The van der Waals surface area contributed by atoms with Crippen molar-refractivity contribution in [3.63, 3.8) is 0 Å². The number of hydrogen-bond donors (Lipinski definition) is 1. The number of thiazole rings is 1. The molecule has 150 valence electrons. The number of halogens is 2. The Morgan fingerprint density at radius 3 is 2.93 bits per heavy atom. The second-order valence-electron chi connectivity index (χ2n) is 6.97. The van der Waals surface area contributed by atoms with Gasteiger partial charge in [0, 0.05) is 39.4 Å². The number of rotatable bonds is 4. The molecule has 1 saturated heterocycles. The van der Waals surface area contributed by atoms with Gasteiger partial charge in [-0.3, -0.25) is 4.90 Å². The molecular formula is C19H23F2N5OS. The fourth-order valence-electron chi connectivity index (χ4n) is 3.56. The van der Waals surface area contributed by atoms with Crippen LogP contribution in [0.4, 0.5) is 25.2 Å².